The van der Waals surface area contributed by atoms with Crippen molar-refractivity contribution in [1.29, 1.82) is 5.41 Å². The average molecular weight is 589 g/mol. The summed E-state index contributed by atoms with van der Waals surface area (Å²) in [7, 11) is 0. The van der Waals surface area contributed by atoms with Crippen molar-refractivity contribution in [3.8, 4) is 11.3 Å². The second kappa shape index (κ2) is 12.0. The molecule has 4 rings (SSSR count). The standard InChI is InChI=1S/C29H25IN3OP/c1-2-26(21-10-12-22(13-11-21)27-5-3-4-16-32-27)29(23-8-6-20(19-34)7-9-23)24-14-15-28(33-35-30)25(17-24)18-31/h3-19,31,33,35H,2H2,1H3/b29-26+,31-18?. The highest BCUT2D eigenvalue weighted by Gasteiger charge is 2.15. The largest absolute Gasteiger partial charge is 0.358 e. The Morgan fingerprint density at radius 2 is 1.69 bits per heavy atom. The summed E-state index contributed by atoms with van der Waals surface area (Å²) in [6.45, 7) is 2.16. The Hall–Kier alpha value is -3.15. The first-order valence-electron chi connectivity index (χ1n) is 11.3. The Morgan fingerprint density at radius 1 is 0.971 bits per heavy atom. The number of carbonyl (C=O) groups is 1. The molecule has 6 heteroatoms. The number of halogens is 1. The molecule has 0 spiro atoms. The van der Waals surface area contributed by atoms with E-state index < -0.39 is 0 Å². The van der Waals surface area contributed by atoms with Crippen LogP contribution in [0.4, 0.5) is 5.69 Å². The van der Waals surface area contributed by atoms with Crippen LogP contribution in [0.2, 0.25) is 0 Å². The lowest BCUT2D eigenvalue weighted by atomic mass is 9.87. The molecule has 0 aliphatic rings. The number of hydrogen-bond acceptors (Lipinski definition) is 4. The normalized spacial score (nSPS) is 11.8. The van der Waals surface area contributed by atoms with E-state index in [1.54, 1.807) is 6.20 Å². The molecule has 0 saturated heterocycles. The molecule has 0 bridgehead atoms. The van der Waals surface area contributed by atoms with Gasteiger partial charge < -0.3 is 10.5 Å². The third-order valence-electron chi connectivity index (χ3n) is 5.86. The summed E-state index contributed by atoms with van der Waals surface area (Å²) in [4.78, 5) is 15.7. The highest BCUT2D eigenvalue weighted by atomic mass is 127. The van der Waals surface area contributed by atoms with Crippen molar-refractivity contribution < 1.29 is 4.79 Å². The molecule has 0 amide bonds. The van der Waals surface area contributed by atoms with E-state index >= 15 is 0 Å². The molecule has 3 aromatic carbocycles. The van der Waals surface area contributed by atoms with Crippen molar-refractivity contribution in [2.75, 3.05) is 5.09 Å². The van der Waals surface area contributed by atoms with Crippen molar-refractivity contribution in [2.45, 2.75) is 13.3 Å². The molecular weight excluding hydrogens is 564 g/mol. The number of nitrogens with one attached hydrogen (secondary N) is 2. The van der Waals surface area contributed by atoms with Gasteiger partial charge in [-0.05, 0) is 80.6 Å². The minimum Gasteiger partial charge on any atom is -0.358 e. The van der Waals surface area contributed by atoms with Gasteiger partial charge in [0.2, 0.25) is 0 Å². The van der Waals surface area contributed by atoms with Crippen LogP contribution in [0.3, 0.4) is 0 Å². The minimum atomic E-state index is 0.523. The number of benzene rings is 3. The summed E-state index contributed by atoms with van der Waals surface area (Å²) in [5, 5.41) is 11.3. The SMILES string of the molecule is CC/C(=C(/c1ccc(C=O)cc1)c1ccc(NPI)c(C=N)c1)c1ccc(-c2ccccn2)cc1. The monoisotopic (exact) mass is 589 g/mol. The van der Waals surface area contributed by atoms with E-state index in [2.05, 4.69) is 75.4 Å². The molecule has 1 aromatic heterocycles. The lowest BCUT2D eigenvalue weighted by Crippen LogP contribution is -1.98. The number of rotatable bonds is 9. The second-order valence-corrected chi connectivity index (χ2v) is 9.96. The van der Waals surface area contributed by atoms with Crippen molar-refractivity contribution in [2.24, 2.45) is 0 Å². The molecule has 0 aliphatic carbocycles. The smallest absolute Gasteiger partial charge is 0.150 e. The van der Waals surface area contributed by atoms with Gasteiger partial charge in [0.1, 0.15) is 6.29 Å². The summed E-state index contributed by atoms with van der Waals surface area (Å²) in [5.41, 5.74) is 9.96. The van der Waals surface area contributed by atoms with Gasteiger partial charge in [0.15, 0.2) is 0 Å². The number of carbonyl (C=O) groups excluding carboxylic acids is 1. The third-order valence-corrected chi connectivity index (χ3v) is 7.04. The van der Waals surface area contributed by atoms with Crippen molar-refractivity contribution in [3.63, 3.8) is 0 Å². The van der Waals surface area contributed by atoms with Crippen LogP contribution in [0.5, 0.6) is 0 Å². The van der Waals surface area contributed by atoms with Crippen LogP contribution in [0.1, 0.15) is 46.0 Å². The van der Waals surface area contributed by atoms with E-state index in [0.717, 1.165) is 57.5 Å². The molecule has 0 radical (unpaired) electrons. The molecule has 4 aromatic rings. The lowest BCUT2D eigenvalue weighted by Gasteiger charge is -2.18. The number of pyridine rings is 1. The fraction of sp³-hybridized carbons (Fsp3) is 0.0690. The first-order chi connectivity index (χ1) is 17.2. The zero-order valence-electron chi connectivity index (χ0n) is 19.3. The van der Waals surface area contributed by atoms with E-state index in [-0.39, 0.29) is 0 Å². The number of hydrogen-bond donors (Lipinski definition) is 2. The summed E-state index contributed by atoms with van der Waals surface area (Å²) in [6, 6.07) is 28.3. The Labute approximate surface area is 220 Å². The van der Waals surface area contributed by atoms with Crippen LogP contribution >= 0.6 is 28.4 Å². The van der Waals surface area contributed by atoms with E-state index in [0.29, 0.717) is 11.9 Å². The maximum Gasteiger partial charge on any atom is 0.150 e. The molecule has 174 valence electrons. The van der Waals surface area contributed by atoms with Gasteiger partial charge in [-0.3, -0.25) is 9.78 Å². The fourth-order valence-corrected chi connectivity index (χ4v) is 5.35. The molecule has 0 aliphatic heterocycles. The molecule has 0 fully saturated rings. The maximum atomic E-state index is 11.3. The summed E-state index contributed by atoms with van der Waals surface area (Å²) in [6.07, 6.45) is 5.41. The number of aromatic nitrogens is 1. The van der Waals surface area contributed by atoms with E-state index in [9.17, 15) is 4.79 Å². The van der Waals surface area contributed by atoms with Gasteiger partial charge in [-0.15, -0.1) is 0 Å². The van der Waals surface area contributed by atoms with Gasteiger partial charge in [0.25, 0.3) is 0 Å². The second-order valence-electron chi connectivity index (χ2n) is 7.91. The zero-order valence-corrected chi connectivity index (χ0v) is 22.4. The van der Waals surface area contributed by atoms with Gasteiger partial charge in [-0.2, -0.15) is 0 Å². The average Bonchev–Trinajstić information content (AvgIpc) is 2.93. The summed E-state index contributed by atoms with van der Waals surface area (Å²) in [5.74, 6) is 0. The first kappa shape index (κ1) is 25.0. The Kier molecular flexibility index (Phi) is 8.56. The number of allylic oxidation sites excluding steroid dienone is 1. The van der Waals surface area contributed by atoms with Crippen LogP contribution in [0.25, 0.3) is 22.4 Å². The molecule has 35 heavy (non-hydrogen) atoms. The molecular formula is C29H25IN3OP. The number of aldehydes is 1. The maximum absolute atomic E-state index is 11.3. The van der Waals surface area contributed by atoms with Gasteiger partial charge >= 0.3 is 0 Å². The topological polar surface area (TPSA) is 65.8 Å². The Bertz CT molecular complexity index is 1350. The predicted molar refractivity (Wildman–Crippen MR) is 158 cm³/mol. The first-order valence-corrected chi connectivity index (χ1v) is 15.4. The van der Waals surface area contributed by atoms with E-state index in [1.807, 2.05) is 48.5 Å². The summed E-state index contributed by atoms with van der Waals surface area (Å²) >= 11 is 2.29. The van der Waals surface area contributed by atoms with Crippen molar-refractivity contribution in [1.82, 2.24) is 4.98 Å². The van der Waals surface area contributed by atoms with Crippen LogP contribution in [0, 0.1) is 5.41 Å². The van der Waals surface area contributed by atoms with Gasteiger partial charge in [-0.1, -0.05) is 67.6 Å². The Morgan fingerprint density at radius 3 is 2.29 bits per heavy atom. The third kappa shape index (κ3) is 5.75. The molecule has 2 N–H and O–H groups in total. The minimum absolute atomic E-state index is 0.523. The number of nitrogens with zero attached hydrogens (tertiary/aromatic N) is 1. The highest BCUT2D eigenvalue weighted by Crippen LogP contribution is 2.37. The van der Waals surface area contributed by atoms with Gasteiger partial charge in [0.05, 0.1) is 5.69 Å². The quantitative estimate of drug-likeness (QED) is 0.0679. The Balaban J connectivity index is 1.89. The van der Waals surface area contributed by atoms with Gasteiger partial charge in [-0.25, -0.2) is 0 Å². The van der Waals surface area contributed by atoms with Gasteiger partial charge in [0, 0.05) is 41.2 Å². The van der Waals surface area contributed by atoms with Crippen LogP contribution < -0.4 is 5.09 Å². The van der Waals surface area contributed by atoms with Crippen LogP contribution in [-0.2, 0) is 0 Å². The highest BCUT2D eigenvalue weighted by molar-refractivity contribution is 14.2. The fourth-order valence-electron chi connectivity index (χ4n) is 4.15. The lowest BCUT2D eigenvalue weighted by molar-refractivity contribution is 0.112. The van der Waals surface area contributed by atoms with E-state index in [1.165, 1.54) is 11.8 Å². The molecule has 1 atom stereocenters. The van der Waals surface area contributed by atoms with E-state index in [4.69, 9.17) is 5.41 Å². The molecule has 0 saturated carbocycles. The van der Waals surface area contributed by atoms with Crippen molar-refractivity contribution in [3.05, 3.63) is 119 Å². The molecule has 1 unspecified atom stereocenters. The molecule has 4 nitrogen and oxygen atoms in total. The van der Waals surface area contributed by atoms with Crippen LogP contribution in [0.15, 0.2) is 91.1 Å². The zero-order chi connectivity index (χ0) is 24.6. The summed E-state index contributed by atoms with van der Waals surface area (Å²) < 4.78 is 0. The predicted octanol–water partition coefficient (Wildman–Crippen LogP) is 8.28. The molecule has 1 heterocycles. The number of anilines is 1. The van der Waals surface area contributed by atoms with Crippen LogP contribution in [-0.4, -0.2) is 17.5 Å². The van der Waals surface area contributed by atoms with Crippen molar-refractivity contribution >= 4 is 57.7 Å².